The third kappa shape index (κ3) is 3.23. The quantitative estimate of drug-likeness (QED) is 0.658. The van der Waals surface area contributed by atoms with Gasteiger partial charge >= 0.3 is 0 Å². The Balaban J connectivity index is 1.56. The van der Waals surface area contributed by atoms with Gasteiger partial charge in [0.05, 0.1) is 28.7 Å². The summed E-state index contributed by atoms with van der Waals surface area (Å²) in [5.41, 5.74) is 1.82. The number of carbonyl (C=O) groups excluding carboxylic acids is 1. The molecule has 130 valence electrons. The highest BCUT2D eigenvalue weighted by atomic mass is 79.9. The molecular weight excluding hydrogens is 422 g/mol. The Labute approximate surface area is 162 Å². The van der Waals surface area contributed by atoms with E-state index in [0.717, 1.165) is 10.0 Å². The van der Waals surface area contributed by atoms with Crippen LogP contribution in [0, 0.1) is 0 Å². The summed E-state index contributed by atoms with van der Waals surface area (Å²) in [7, 11) is 0. The molecule has 0 unspecified atom stereocenters. The van der Waals surface area contributed by atoms with Gasteiger partial charge in [-0.1, -0.05) is 23.7 Å². The molecule has 1 aliphatic rings. The summed E-state index contributed by atoms with van der Waals surface area (Å²) in [6, 6.07) is 10.5. The predicted octanol–water partition coefficient (Wildman–Crippen LogP) is 4.54. The van der Waals surface area contributed by atoms with Gasteiger partial charge < -0.3 is 14.8 Å². The van der Waals surface area contributed by atoms with Crippen molar-refractivity contribution >= 4 is 39.3 Å². The van der Waals surface area contributed by atoms with E-state index >= 15 is 0 Å². The Morgan fingerprint density at radius 3 is 2.62 bits per heavy atom. The van der Waals surface area contributed by atoms with Crippen molar-refractivity contribution in [3.8, 4) is 22.8 Å². The van der Waals surface area contributed by atoms with Crippen molar-refractivity contribution in [1.29, 1.82) is 0 Å². The van der Waals surface area contributed by atoms with E-state index in [1.54, 1.807) is 30.5 Å². The first-order valence-corrected chi connectivity index (χ1v) is 8.76. The number of hydrogen-bond acceptors (Lipinski definition) is 5. The van der Waals surface area contributed by atoms with Gasteiger partial charge in [-0.15, -0.1) is 0 Å². The lowest BCUT2D eigenvalue weighted by Crippen LogP contribution is -2.13. The van der Waals surface area contributed by atoms with E-state index < -0.39 is 0 Å². The smallest absolute Gasteiger partial charge is 0.258 e. The van der Waals surface area contributed by atoms with Crippen LogP contribution < -0.4 is 14.8 Å². The van der Waals surface area contributed by atoms with Gasteiger partial charge in [-0.2, -0.15) is 0 Å². The van der Waals surface area contributed by atoms with Crippen LogP contribution in [0.15, 0.2) is 53.3 Å². The minimum atomic E-state index is -0.345. The van der Waals surface area contributed by atoms with Crippen LogP contribution in [0.3, 0.4) is 0 Å². The van der Waals surface area contributed by atoms with Gasteiger partial charge in [0.1, 0.15) is 0 Å². The molecule has 1 amide bonds. The van der Waals surface area contributed by atoms with Crippen LogP contribution in [0.5, 0.6) is 11.5 Å². The first-order chi connectivity index (χ1) is 12.6. The molecule has 1 N–H and O–H groups in total. The number of benzene rings is 2. The summed E-state index contributed by atoms with van der Waals surface area (Å²) in [5, 5.41) is 3.05. The highest BCUT2D eigenvalue weighted by Crippen LogP contribution is 2.40. The minimum Gasteiger partial charge on any atom is -0.454 e. The van der Waals surface area contributed by atoms with Crippen molar-refractivity contribution in [2.45, 2.75) is 0 Å². The number of amides is 1. The number of nitrogens with zero attached hydrogens (tertiary/aromatic N) is 2. The molecule has 0 aliphatic carbocycles. The standard InChI is InChI=1S/C18H11BrClN3O3/c19-12-6-16-15(25-9-26-16)5-11(12)14-7-22-17(8-21-14)23-18(24)10-3-1-2-4-13(10)20/h1-8H,9H2,(H,22,23,24). The highest BCUT2D eigenvalue weighted by Gasteiger charge is 2.18. The second kappa shape index (κ2) is 6.93. The summed E-state index contributed by atoms with van der Waals surface area (Å²) in [6.45, 7) is 0.198. The Morgan fingerprint density at radius 1 is 1.12 bits per heavy atom. The second-order valence-electron chi connectivity index (χ2n) is 5.41. The molecule has 0 spiro atoms. The highest BCUT2D eigenvalue weighted by molar-refractivity contribution is 9.10. The largest absolute Gasteiger partial charge is 0.454 e. The zero-order valence-corrected chi connectivity index (χ0v) is 15.5. The van der Waals surface area contributed by atoms with E-state index in [1.165, 1.54) is 6.20 Å². The molecule has 8 heteroatoms. The molecule has 0 atom stereocenters. The van der Waals surface area contributed by atoms with Crippen LogP contribution in [-0.2, 0) is 0 Å². The number of carbonyl (C=O) groups is 1. The lowest BCUT2D eigenvalue weighted by molar-refractivity contribution is 0.102. The molecule has 6 nitrogen and oxygen atoms in total. The van der Waals surface area contributed by atoms with Crippen molar-refractivity contribution in [1.82, 2.24) is 9.97 Å². The van der Waals surface area contributed by atoms with Crippen molar-refractivity contribution in [3.63, 3.8) is 0 Å². The van der Waals surface area contributed by atoms with Gasteiger partial charge in [0.25, 0.3) is 5.91 Å². The molecule has 0 bridgehead atoms. The first kappa shape index (κ1) is 16.8. The van der Waals surface area contributed by atoms with Crippen molar-refractivity contribution in [3.05, 3.63) is 63.9 Å². The minimum absolute atomic E-state index is 0.198. The van der Waals surface area contributed by atoms with E-state index in [4.69, 9.17) is 21.1 Å². The fourth-order valence-electron chi connectivity index (χ4n) is 2.47. The van der Waals surface area contributed by atoms with Crippen molar-refractivity contribution < 1.29 is 14.3 Å². The van der Waals surface area contributed by atoms with E-state index in [9.17, 15) is 4.79 Å². The Bertz CT molecular complexity index is 995. The lowest BCUT2D eigenvalue weighted by Gasteiger charge is -2.08. The van der Waals surface area contributed by atoms with Gasteiger partial charge in [-0.3, -0.25) is 9.78 Å². The van der Waals surface area contributed by atoms with Crippen LogP contribution in [0.2, 0.25) is 5.02 Å². The number of hydrogen-bond donors (Lipinski definition) is 1. The molecule has 0 fully saturated rings. The summed E-state index contributed by atoms with van der Waals surface area (Å²) >= 11 is 9.53. The van der Waals surface area contributed by atoms with Crippen LogP contribution in [-0.4, -0.2) is 22.7 Å². The van der Waals surface area contributed by atoms with Gasteiger partial charge in [-0.05, 0) is 40.2 Å². The number of halogens is 2. The Kier molecular flexibility index (Phi) is 4.48. The number of nitrogens with one attached hydrogen (secondary N) is 1. The van der Waals surface area contributed by atoms with Crippen molar-refractivity contribution in [2.24, 2.45) is 0 Å². The summed E-state index contributed by atoms with van der Waals surface area (Å²) < 4.78 is 11.5. The lowest BCUT2D eigenvalue weighted by atomic mass is 10.1. The zero-order chi connectivity index (χ0) is 18.1. The fourth-order valence-corrected chi connectivity index (χ4v) is 3.22. The van der Waals surface area contributed by atoms with Crippen LogP contribution in [0.4, 0.5) is 5.82 Å². The molecule has 1 aromatic heterocycles. The number of fused-ring (bicyclic) bond motifs is 1. The summed E-state index contributed by atoms with van der Waals surface area (Å²) in [4.78, 5) is 20.9. The maximum atomic E-state index is 12.3. The third-order valence-electron chi connectivity index (χ3n) is 3.75. The predicted molar refractivity (Wildman–Crippen MR) is 101 cm³/mol. The molecule has 2 aromatic carbocycles. The zero-order valence-electron chi connectivity index (χ0n) is 13.2. The van der Waals surface area contributed by atoms with E-state index in [2.05, 4.69) is 31.2 Å². The maximum absolute atomic E-state index is 12.3. The SMILES string of the molecule is O=C(Nc1cnc(-c2cc3c(cc2Br)OCO3)cn1)c1ccccc1Cl. The van der Waals surface area contributed by atoms with Crippen LogP contribution in [0.25, 0.3) is 11.3 Å². The average Bonchev–Trinajstić information content (AvgIpc) is 3.09. The Hall–Kier alpha value is -2.64. The van der Waals surface area contributed by atoms with Gasteiger partial charge in [0.15, 0.2) is 17.3 Å². The molecule has 26 heavy (non-hydrogen) atoms. The number of rotatable bonds is 3. The Morgan fingerprint density at radius 2 is 1.88 bits per heavy atom. The third-order valence-corrected chi connectivity index (χ3v) is 4.74. The van der Waals surface area contributed by atoms with Gasteiger partial charge in [-0.25, -0.2) is 4.98 Å². The first-order valence-electron chi connectivity index (χ1n) is 7.59. The summed E-state index contributed by atoms with van der Waals surface area (Å²) in [6.07, 6.45) is 3.06. The second-order valence-corrected chi connectivity index (χ2v) is 6.67. The maximum Gasteiger partial charge on any atom is 0.258 e. The van der Waals surface area contributed by atoms with E-state index in [1.807, 2.05) is 12.1 Å². The molecule has 2 heterocycles. The van der Waals surface area contributed by atoms with E-state index in [0.29, 0.717) is 33.6 Å². The molecule has 4 rings (SSSR count). The molecular formula is C18H11BrClN3O3. The number of anilines is 1. The monoisotopic (exact) mass is 431 g/mol. The van der Waals surface area contributed by atoms with Crippen LogP contribution in [0.1, 0.15) is 10.4 Å². The molecule has 0 radical (unpaired) electrons. The molecule has 0 saturated carbocycles. The number of ether oxygens (including phenoxy) is 2. The molecule has 1 aliphatic heterocycles. The topological polar surface area (TPSA) is 73.3 Å². The number of aromatic nitrogens is 2. The van der Waals surface area contributed by atoms with Crippen molar-refractivity contribution in [2.75, 3.05) is 12.1 Å². The fraction of sp³-hybridized carbons (Fsp3) is 0.0556. The normalized spacial score (nSPS) is 12.1. The summed E-state index contributed by atoms with van der Waals surface area (Å²) in [5.74, 6) is 1.32. The molecule has 3 aromatic rings. The van der Waals surface area contributed by atoms with Gasteiger partial charge in [0, 0.05) is 10.0 Å². The average molecular weight is 433 g/mol. The van der Waals surface area contributed by atoms with Crippen LogP contribution >= 0.6 is 27.5 Å². The molecule has 0 saturated heterocycles. The van der Waals surface area contributed by atoms with Gasteiger partial charge in [0.2, 0.25) is 6.79 Å². The van der Waals surface area contributed by atoms with E-state index in [-0.39, 0.29) is 12.7 Å².